The number of carbonyl (C=O) groups excluding carboxylic acids is 2. The first kappa shape index (κ1) is 26.2. The fraction of sp³-hybridized carbons (Fsp3) is 0.214. The van der Waals surface area contributed by atoms with Crippen LogP contribution in [0.1, 0.15) is 31.0 Å². The third kappa shape index (κ3) is 4.76. The van der Waals surface area contributed by atoms with E-state index in [-0.39, 0.29) is 21.9 Å². The largest absolute Gasteiger partial charge is 0.507 e. The number of nitrogens with zero attached hydrogens (tertiary/aromatic N) is 2. The van der Waals surface area contributed by atoms with Crippen LogP contribution in [-0.2, 0) is 9.59 Å². The molecule has 1 amide bonds. The van der Waals surface area contributed by atoms with Crippen LogP contribution >= 0.6 is 11.6 Å². The van der Waals surface area contributed by atoms with Gasteiger partial charge >= 0.3 is 0 Å². The van der Waals surface area contributed by atoms with Crippen LogP contribution in [0.2, 0.25) is 5.02 Å². The van der Waals surface area contributed by atoms with Crippen LogP contribution in [0.15, 0.2) is 66.2 Å². The summed E-state index contributed by atoms with van der Waals surface area (Å²) in [7, 11) is 1.38. The minimum atomic E-state index is -1.24. The zero-order valence-electron chi connectivity index (χ0n) is 20.5. The number of hydrogen-bond donors (Lipinski definition) is 1. The quantitative estimate of drug-likeness (QED) is 0.229. The normalized spacial score (nSPS) is 16.8. The van der Waals surface area contributed by atoms with E-state index in [1.807, 2.05) is 26.0 Å². The highest BCUT2D eigenvalue weighted by atomic mass is 35.5. The second kappa shape index (κ2) is 10.6. The van der Waals surface area contributed by atoms with Crippen LogP contribution in [0.3, 0.4) is 0 Å². The molecule has 1 fully saturated rings. The van der Waals surface area contributed by atoms with Gasteiger partial charge in [0, 0.05) is 29.9 Å². The SMILES string of the molecule is CCN(CC)c1ccc(C2/C(=C(\O)c3cc(Cl)ccc3OC)C(=O)C(=O)N2c2cc(F)ccc2F)cc1. The molecule has 0 radical (unpaired) electrons. The molecule has 3 aromatic rings. The highest BCUT2D eigenvalue weighted by molar-refractivity contribution is 6.51. The molecule has 6 nitrogen and oxygen atoms in total. The van der Waals surface area contributed by atoms with Crippen LogP contribution < -0.4 is 14.5 Å². The maximum absolute atomic E-state index is 14.9. The van der Waals surface area contributed by atoms with Crippen molar-refractivity contribution in [1.82, 2.24) is 0 Å². The molecule has 37 heavy (non-hydrogen) atoms. The number of hydrogen-bond acceptors (Lipinski definition) is 5. The Morgan fingerprint density at radius 2 is 1.70 bits per heavy atom. The van der Waals surface area contributed by atoms with Gasteiger partial charge in [0.05, 0.1) is 30.0 Å². The van der Waals surface area contributed by atoms with Crippen molar-refractivity contribution in [3.05, 3.63) is 94.0 Å². The standard InChI is InChI=1S/C28H25ClF2N2O4/c1-4-32(5-2)19-10-6-16(7-11-19)25-24(26(34)20-14-17(29)8-13-23(20)37-3)27(35)28(36)33(25)22-15-18(30)9-12-21(22)31/h6-15,25,34H,4-5H2,1-3H3/b26-24+. The van der Waals surface area contributed by atoms with Gasteiger partial charge in [0.15, 0.2) is 0 Å². The number of Topliss-reactive ketones (excluding diaryl/α,β-unsaturated/α-hetero) is 1. The molecule has 3 aromatic carbocycles. The third-order valence-electron chi connectivity index (χ3n) is 6.37. The Balaban J connectivity index is 1.97. The van der Waals surface area contributed by atoms with Crippen molar-refractivity contribution in [1.29, 1.82) is 0 Å². The van der Waals surface area contributed by atoms with Gasteiger partial charge in [0.1, 0.15) is 23.1 Å². The summed E-state index contributed by atoms with van der Waals surface area (Å²) in [6.07, 6.45) is 0. The van der Waals surface area contributed by atoms with E-state index in [0.29, 0.717) is 5.56 Å². The lowest BCUT2D eigenvalue weighted by Crippen LogP contribution is -2.30. The molecule has 4 rings (SSSR count). The molecule has 1 saturated heterocycles. The maximum atomic E-state index is 14.9. The molecule has 0 aromatic heterocycles. The first-order valence-corrected chi connectivity index (χ1v) is 12.0. The Labute approximate surface area is 218 Å². The monoisotopic (exact) mass is 526 g/mol. The topological polar surface area (TPSA) is 70.1 Å². The summed E-state index contributed by atoms with van der Waals surface area (Å²) in [4.78, 5) is 29.6. The Hall–Kier alpha value is -3.91. The summed E-state index contributed by atoms with van der Waals surface area (Å²) in [5.74, 6) is -4.18. The van der Waals surface area contributed by atoms with E-state index in [0.717, 1.165) is 41.9 Å². The number of carbonyl (C=O) groups is 2. The predicted octanol–water partition coefficient (Wildman–Crippen LogP) is 6.10. The lowest BCUT2D eigenvalue weighted by atomic mass is 9.94. The highest BCUT2D eigenvalue weighted by Crippen LogP contribution is 2.44. The molecule has 1 atom stereocenters. The van der Waals surface area contributed by atoms with Gasteiger partial charge in [-0.3, -0.25) is 14.5 Å². The Kier molecular flexibility index (Phi) is 7.50. The summed E-state index contributed by atoms with van der Waals surface area (Å²) < 4.78 is 34.4. The molecule has 1 aliphatic rings. The molecule has 1 aliphatic heterocycles. The van der Waals surface area contributed by atoms with Crippen LogP contribution in [0.4, 0.5) is 20.2 Å². The molecule has 1 unspecified atom stereocenters. The number of ketones is 1. The van der Waals surface area contributed by atoms with E-state index in [1.54, 1.807) is 18.2 Å². The number of methoxy groups -OCH3 is 1. The first-order chi connectivity index (χ1) is 17.7. The van der Waals surface area contributed by atoms with Crippen LogP contribution in [0.5, 0.6) is 5.75 Å². The number of ether oxygens (including phenoxy) is 1. The molecule has 192 valence electrons. The van der Waals surface area contributed by atoms with E-state index < -0.39 is 40.8 Å². The minimum absolute atomic E-state index is 0.0810. The van der Waals surface area contributed by atoms with Crippen molar-refractivity contribution < 1.29 is 28.2 Å². The van der Waals surface area contributed by atoms with Gasteiger partial charge in [-0.25, -0.2) is 8.78 Å². The lowest BCUT2D eigenvalue weighted by molar-refractivity contribution is -0.132. The maximum Gasteiger partial charge on any atom is 0.300 e. The van der Waals surface area contributed by atoms with Crippen molar-refractivity contribution in [3.8, 4) is 5.75 Å². The number of aliphatic hydroxyl groups is 1. The first-order valence-electron chi connectivity index (χ1n) is 11.7. The lowest BCUT2D eigenvalue weighted by Gasteiger charge is -2.27. The van der Waals surface area contributed by atoms with E-state index in [1.165, 1.54) is 19.2 Å². The molecule has 0 spiro atoms. The molecule has 0 aliphatic carbocycles. The van der Waals surface area contributed by atoms with Gasteiger partial charge in [-0.2, -0.15) is 0 Å². The third-order valence-corrected chi connectivity index (χ3v) is 6.60. The van der Waals surface area contributed by atoms with E-state index >= 15 is 0 Å². The van der Waals surface area contributed by atoms with Crippen molar-refractivity contribution >= 4 is 40.4 Å². The zero-order valence-corrected chi connectivity index (χ0v) is 21.2. The van der Waals surface area contributed by atoms with Crippen molar-refractivity contribution in [2.24, 2.45) is 0 Å². The summed E-state index contributed by atoms with van der Waals surface area (Å²) >= 11 is 6.13. The second-order valence-electron chi connectivity index (χ2n) is 8.37. The minimum Gasteiger partial charge on any atom is -0.507 e. The summed E-state index contributed by atoms with van der Waals surface area (Å²) in [5.41, 5.74) is 0.680. The fourth-order valence-electron chi connectivity index (χ4n) is 4.53. The molecule has 9 heteroatoms. The number of benzene rings is 3. The second-order valence-corrected chi connectivity index (χ2v) is 8.81. The molecule has 1 heterocycles. The molecule has 1 N–H and O–H groups in total. The summed E-state index contributed by atoms with van der Waals surface area (Å²) in [5, 5.41) is 11.6. The van der Waals surface area contributed by atoms with E-state index in [2.05, 4.69) is 4.90 Å². The van der Waals surface area contributed by atoms with Crippen molar-refractivity contribution in [3.63, 3.8) is 0 Å². The molecule has 0 bridgehead atoms. The number of amides is 1. The Morgan fingerprint density at radius 3 is 2.32 bits per heavy atom. The summed E-state index contributed by atoms with van der Waals surface area (Å²) in [6.45, 7) is 5.55. The average Bonchev–Trinajstić information content (AvgIpc) is 3.16. The highest BCUT2D eigenvalue weighted by Gasteiger charge is 2.48. The fourth-order valence-corrected chi connectivity index (χ4v) is 4.71. The zero-order chi connectivity index (χ0) is 26.9. The predicted molar refractivity (Wildman–Crippen MR) is 139 cm³/mol. The average molecular weight is 527 g/mol. The molecular formula is C28H25ClF2N2O4. The van der Waals surface area contributed by atoms with Crippen LogP contribution in [0, 0.1) is 11.6 Å². The van der Waals surface area contributed by atoms with Gasteiger partial charge in [-0.05, 0) is 61.9 Å². The van der Waals surface area contributed by atoms with Gasteiger partial charge in [-0.15, -0.1) is 0 Å². The number of rotatable bonds is 7. The van der Waals surface area contributed by atoms with Crippen LogP contribution in [0.25, 0.3) is 5.76 Å². The molecule has 0 saturated carbocycles. The van der Waals surface area contributed by atoms with Gasteiger partial charge in [0.2, 0.25) is 0 Å². The van der Waals surface area contributed by atoms with Gasteiger partial charge in [-0.1, -0.05) is 23.7 Å². The Bertz CT molecular complexity index is 1390. The van der Waals surface area contributed by atoms with Gasteiger partial charge < -0.3 is 14.7 Å². The Morgan fingerprint density at radius 1 is 1.03 bits per heavy atom. The number of anilines is 2. The van der Waals surface area contributed by atoms with Crippen molar-refractivity contribution in [2.45, 2.75) is 19.9 Å². The number of halogens is 3. The molecular weight excluding hydrogens is 502 g/mol. The van der Waals surface area contributed by atoms with E-state index in [9.17, 15) is 23.5 Å². The van der Waals surface area contributed by atoms with Crippen molar-refractivity contribution in [2.75, 3.05) is 30.0 Å². The van der Waals surface area contributed by atoms with Gasteiger partial charge in [0.25, 0.3) is 11.7 Å². The van der Waals surface area contributed by atoms with Crippen LogP contribution in [-0.4, -0.2) is 37.0 Å². The smallest absolute Gasteiger partial charge is 0.300 e. The van der Waals surface area contributed by atoms with E-state index in [4.69, 9.17) is 16.3 Å². The number of aliphatic hydroxyl groups excluding tert-OH is 1. The summed E-state index contributed by atoms with van der Waals surface area (Å²) in [6, 6.07) is 12.8.